The molecule has 0 amide bonds. The molecule has 0 aromatic carbocycles. The van der Waals surface area contributed by atoms with Crippen LogP contribution < -0.4 is 5.32 Å². The molecule has 1 rings (SSSR count). The van der Waals surface area contributed by atoms with E-state index in [-0.39, 0.29) is 24.0 Å². The maximum atomic E-state index is 4.34. The monoisotopic (exact) mass is 395 g/mol. The fraction of sp³-hybridized carbons (Fsp3) is 0.643. The van der Waals surface area contributed by atoms with Gasteiger partial charge in [0.15, 0.2) is 5.96 Å². The van der Waals surface area contributed by atoms with E-state index >= 15 is 0 Å². The van der Waals surface area contributed by atoms with Gasteiger partial charge in [0.2, 0.25) is 0 Å². The molecule has 110 valence electrons. The summed E-state index contributed by atoms with van der Waals surface area (Å²) in [5.74, 6) is 1.71. The van der Waals surface area contributed by atoms with Crippen LogP contribution in [0.2, 0.25) is 0 Å². The zero-order valence-corrected chi connectivity index (χ0v) is 15.5. The molecule has 1 heterocycles. The highest BCUT2D eigenvalue weighted by Gasteiger charge is 2.09. The number of hydrogen-bond acceptors (Lipinski definition) is 2. The Bertz CT molecular complexity index is 348. The molecule has 0 aliphatic carbocycles. The van der Waals surface area contributed by atoms with Crippen LogP contribution in [0, 0.1) is 5.92 Å². The topological polar surface area (TPSA) is 27.6 Å². The summed E-state index contributed by atoms with van der Waals surface area (Å²) in [5.41, 5.74) is 1.34. The van der Waals surface area contributed by atoms with Crippen molar-refractivity contribution >= 4 is 41.3 Å². The second kappa shape index (κ2) is 10.5. The number of nitrogens with one attached hydrogen (secondary N) is 1. The van der Waals surface area contributed by atoms with E-state index in [4.69, 9.17) is 0 Å². The Morgan fingerprint density at radius 3 is 2.58 bits per heavy atom. The first-order valence-electron chi connectivity index (χ1n) is 6.64. The molecule has 0 fully saturated rings. The fourth-order valence-electron chi connectivity index (χ4n) is 1.93. The van der Waals surface area contributed by atoms with Crippen LogP contribution in [0.1, 0.15) is 32.3 Å². The summed E-state index contributed by atoms with van der Waals surface area (Å²) in [6.45, 7) is 6.40. The minimum atomic E-state index is 0. The number of guanidine groups is 1. The van der Waals surface area contributed by atoms with Crippen LogP contribution in [0.15, 0.2) is 21.8 Å². The first-order valence-corrected chi connectivity index (χ1v) is 7.58. The van der Waals surface area contributed by atoms with Gasteiger partial charge in [-0.25, -0.2) is 0 Å². The average Bonchev–Trinajstić information content (AvgIpc) is 2.87. The van der Waals surface area contributed by atoms with E-state index in [2.05, 4.69) is 52.9 Å². The molecule has 1 aromatic heterocycles. The van der Waals surface area contributed by atoms with Crippen molar-refractivity contribution in [1.82, 2.24) is 10.2 Å². The van der Waals surface area contributed by atoms with Gasteiger partial charge >= 0.3 is 0 Å². The summed E-state index contributed by atoms with van der Waals surface area (Å²) in [4.78, 5) is 6.51. The SMILES string of the molecule is CCC(CC)CNC(=NC)N(C)Cc1ccsc1.I. The van der Waals surface area contributed by atoms with Crippen LogP contribution in [0.3, 0.4) is 0 Å². The van der Waals surface area contributed by atoms with E-state index in [0.29, 0.717) is 0 Å². The molecule has 0 saturated heterocycles. The van der Waals surface area contributed by atoms with Gasteiger partial charge < -0.3 is 10.2 Å². The largest absolute Gasteiger partial charge is 0.356 e. The van der Waals surface area contributed by atoms with E-state index in [9.17, 15) is 0 Å². The average molecular weight is 395 g/mol. The molecule has 5 heteroatoms. The molecule has 1 aromatic rings. The van der Waals surface area contributed by atoms with Gasteiger partial charge in [-0.15, -0.1) is 24.0 Å². The molecule has 0 aliphatic rings. The summed E-state index contributed by atoms with van der Waals surface area (Å²) in [7, 11) is 3.93. The van der Waals surface area contributed by atoms with Crippen LogP contribution in [0.25, 0.3) is 0 Å². The van der Waals surface area contributed by atoms with Crippen molar-refractivity contribution in [3.8, 4) is 0 Å². The predicted octanol–water partition coefficient (Wildman–Crippen LogP) is 3.81. The number of aliphatic imine (C=N–C) groups is 1. The van der Waals surface area contributed by atoms with Gasteiger partial charge in [0.25, 0.3) is 0 Å². The van der Waals surface area contributed by atoms with E-state index in [0.717, 1.165) is 25.0 Å². The highest BCUT2D eigenvalue weighted by Crippen LogP contribution is 2.09. The van der Waals surface area contributed by atoms with Crippen LogP contribution in [0.4, 0.5) is 0 Å². The Hall–Kier alpha value is -0.300. The number of rotatable bonds is 6. The number of thiophene rings is 1. The number of nitrogens with zero attached hydrogens (tertiary/aromatic N) is 2. The minimum absolute atomic E-state index is 0. The molecule has 0 atom stereocenters. The predicted molar refractivity (Wildman–Crippen MR) is 96.6 cm³/mol. The third kappa shape index (κ3) is 6.61. The van der Waals surface area contributed by atoms with Crippen LogP contribution >= 0.6 is 35.3 Å². The Balaban J connectivity index is 0.00000324. The number of halogens is 1. The first kappa shape index (κ1) is 18.7. The maximum Gasteiger partial charge on any atom is 0.193 e. The molecule has 19 heavy (non-hydrogen) atoms. The maximum absolute atomic E-state index is 4.34. The van der Waals surface area contributed by atoms with Crippen molar-refractivity contribution in [1.29, 1.82) is 0 Å². The molecule has 0 saturated carbocycles. The van der Waals surface area contributed by atoms with Crippen LogP contribution in [-0.4, -0.2) is 31.5 Å². The second-order valence-electron chi connectivity index (χ2n) is 4.60. The normalized spacial score (nSPS) is 11.3. The molecule has 0 unspecified atom stereocenters. The lowest BCUT2D eigenvalue weighted by molar-refractivity contribution is 0.441. The lowest BCUT2D eigenvalue weighted by Crippen LogP contribution is -2.40. The molecular weight excluding hydrogens is 369 g/mol. The highest BCUT2D eigenvalue weighted by atomic mass is 127. The van der Waals surface area contributed by atoms with Crippen LogP contribution in [0.5, 0.6) is 0 Å². The highest BCUT2D eigenvalue weighted by molar-refractivity contribution is 14.0. The van der Waals surface area contributed by atoms with Gasteiger partial charge in [-0.05, 0) is 28.3 Å². The summed E-state index contributed by atoms with van der Waals surface area (Å²) >= 11 is 1.74. The van der Waals surface area contributed by atoms with Crippen molar-refractivity contribution in [3.05, 3.63) is 22.4 Å². The number of hydrogen-bond donors (Lipinski definition) is 1. The lowest BCUT2D eigenvalue weighted by Gasteiger charge is -2.23. The summed E-state index contributed by atoms with van der Waals surface area (Å²) in [5, 5.41) is 7.76. The molecule has 0 spiro atoms. The van der Waals surface area contributed by atoms with Crippen molar-refractivity contribution in [2.75, 3.05) is 20.6 Å². The van der Waals surface area contributed by atoms with E-state index in [1.807, 2.05) is 7.05 Å². The van der Waals surface area contributed by atoms with E-state index in [1.165, 1.54) is 18.4 Å². The fourth-order valence-corrected chi connectivity index (χ4v) is 2.59. The molecular formula is C14H26IN3S. The van der Waals surface area contributed by atoms with E-state index < -0.39 is 0 Å². The third-order valence-corrected chi connectivity index (χ3v) is 4.01. The zero-order chi connectivity index (χ0) is 13.4. The second-order valence-corrected chi connectivity index (χ2v) is 5.38. The molecule has 1 N–H and O–H groups in total. The van der Waals surface area contributed by atoms with Crippen LogP contribution in [-0.2, 0) is 6.54 Å². The Morgan fingerprint density at radius 2 is 2.11 bits per heavy atom. The Kier molecular flexibility index (Phi) is 10.3. The smallest absolute Gasteiger partial charge is 0.193 e. The summed E-state index contributed by atoms with van der Waals surface area (Å²) in [6, 6.07) is 2.16. The van der Waals surface area contributed by atoms with Crippen molar-refractivity contribution in [2.24, 2.45) is 10.9 Å². The van der Waals surface area contributed by atoms with E-state index in [1.54, 1.807) is 11.3 Å². The summed E-state index contributed by atoms with van der Waals surface area (Å²) in [6.07, 6.45) is 2.43. The minimum Gasteiger partial charge on any atom is -0.356 e. The van der Waals surface area contributed by atoms with Gasteiger partial charge in [0, 0.05) is 27.2 Å². The molecule has 0 aliphatic heterocycles. The summed E-state index contributed by atoms with van der Waals surface area (Å²) < 4.78 is 0. The lowest BCUT2D eigenvalue weighted by atomic mass is 10.0. The quantitative estimate of drug-likeness (QED) is 0.451. The first-order chi connectivity index (χ1) is 8.71. The van der Waals surface area contributed by atoms with Crippen molar-refractivity contribution in [2.45, 2.75) is 33.2 Å². The standard InChI is InChI=1S/C14H25N3S.HI/c1-5-12(6-2)9-16-14(15-3)17(4)10-13-7-8-18-11-13;/h7-8,11-12H,5-6,9-10H2,1-4H3,(H,15,16);1H. The third-order valence-electron chi connectivity index (χ3n) is 3.28. The molecule has 3 nitrogen and oxygen atoms in total. The van der Waals surface area contributed by atoms with Gasteiger partial charge in [0.05, 0.1) is 0 Å². The van der Waals surface area contributed by atoms with Gasteiger partial charge in [-0.1, -0.05) is 26.7 Å². The van der Waals surface area contributed by atoms with Gasteiger partial charge in [0.1, 0.15) is 0 Å². The Morgan fingerprint density at radius 1 is 1.42 bits per heavy atom. The molecule has 0 radical (unpaired) electrons. The van der Waals surface area contributed by atoms with Crippen molar-refractivity contribution < 1.29 is 0 Å². The van der Waals surface area contributed by atoms with Gasteiger partial charge in [-0.2, -0.15) is 11.3 Å². The van der Waals surface area contributed by atoms with Gasteiger partial charge in [-0.3, -0.25) is 4.99 Å². The Labute approximate surface area is 138 Å². The molecule has 0 bridgehead atoms. The van der Waals surface area contributed by atoms with Crippen molar-refractivity contribution in [3.63, 3.8) is 0 Å². The zero-order valence-electron chi connectivity index (χ0n) is 12.3.